The zero-order valence-corrected chi connectivity index (χ0v) is 59.8. The van der Waals surface area contributed by atoms with Crippen molar-refractivity contribution < 1.29 is 96.6 Å². The minimum absolute atomic E-state index is 0.0441. The maximum atomic E-state index is 13.1. The number of hydrogen-bond donors (Lipinski definition) is 8. The van der Waals surface area contributed by atoms with Gasteiger partial charge in [-0.3, -0.25) is 58.8 Å². The van der Waals surface area contributed by atoms with Crippen molar-refractivity contribution in [3.8, 4) is 35.7 Å². The third-order valence-electron chi connectivity index (χ3n) is 17.4. The minimum atomic E-state index is -1.70. The number of carboxylic acid groups (broad SMARTS) is 1. The number of aliphatic hydroxyl groups is 2. The summed E-state index contributed by atoms with van der Waals surface area (Å²) in [5, 5.41) is 39.7. The summed E-state index contributed by atoms with van der Waals surface area (Å²) in [7, 11) is 3.03. The first-order valence-corrected chi connectivity index (χ1v) is 32.9. The van der Waals surface area contributed by atoms with Crippen LogP contribution >= 0.6 is 31.9 Å². The van der Waals surface area contributed by atoms with Gasteiger partial charge in [-0.2, -0.15) is 9.59 Å². The second-order valence-corrected chi connectivity index (χ2v) is 27.6. The topological polar surface area (TPSA) is 445 Å². The highest BCUT2D eigenvalue weighted by Gasteiger charge is 2.65. The molecule has 1 spiro atoms. The molecule has 1 aliphatic carbocycles. The Morgan fingerprint density at radius 2 is 1.18 bits per heavy atom. The molecule has 5 saturated heterocycles. The highest BCUT2D eigenvalue weighted by molar-refractivity contribution is 9.10. The van der Waals surface area contributed by atoms with Gasteiger partial charge in [0.15, 0.2) is 16.5 Å². The van der Waals surface area contributed by atoms with Crippen molar-refractivity contribution in [2.45, 2.75) is 133 Å². The number of halogens is 2. The van der Waals surface area contributed by atoms with Gasteiger partial charge in [0.05, 0.1) is 44.6 Å². The number of imide groups is 2. The number of nitrogens with two attached hydrogens (primary N) is 1. The van der Waals surface area contributed by atoms with Crippen molar-refractivity contribution >= 4 is 121 Å². The number of carbonyl (C=O) groups is 11. The number of nitrogens with zero attached hydrogens (tertiary/aromatic N) is 7. The molecule has 103 heavy (non-hydrogen) atoms. The Morgan fingerprint density at radius 1 is 0.689 bits per heavy atom. The van der Waals surface area contributed by atoms with E-state index in [1.807, 2.05) is 6.07 Å². The number of pyridine rings is 3. The first-order chi connectivity index (χ1) is 48.4. The van der Waals surface area contributed by atoms with E-state index in [2.05, 4.69) is 85.8 Å². The molecule has 32 nitrogen and oxygen atoms in total. The number of anilines is 3. The van der Waals surface area contributed by atoms with Crippen molar-refractivity contribution in [2.24, 2.45) is 5.41 Å². The van der Waals surface area contributed by atoms with Gasteiger partial charge in [0.1, 0.15) is 29.0 Å². The number of ether oxygens (including phenoxy) is 4. The Morgan fingerprint density at radius 3 is 1.59 bits per heavy atom. The van der Waals surface area contributed by atoms with Crippen molar-refractivity contribution in [1.82, 2.24) is 46.0 Å². The average molecular weight is 1550 g/mol. The number of fused-ring (bicyclic) bond motifs is 2. The van der Waals surface area contributed by atoms with Crippen LogP contribution in [-0.2, 0) is 65.7 Å². The maximum absolute atomic E-state index is 13.1. The van der Waals surface area contributed by atoms with E-state index >= 15 is 0 Å². The summed E-state index contributed by atoms with van der Waals surface area (Å²) in [6, 6.07) is 18.7. The molecule has 0 radical (unpaired) electrons. The standard InChI is InChI=1S/C27H27N5O6.C15H13N3O4.C13H15BrN2O4.C8H10O4.C5H5BrN2.CO2/c1-26(2,37)20-7-9-22(33)32(20)21-8-4-16(13-28-21)10-11-27(24(35)29-25(36)30-27)15-31-14-17-5-6-18(38-3)12-19(17)23(31)34;1-3-15(13(20)16-14(21)17-15)8-18-7-9-4-5-10(22-2)6-11(9)12(18)19;1-12(2,20)13(11(18)19)6-5-10(17)16(13)9-4-3-8(14)7-15-9;1-7(2)11-5(9)8(3-4-8)6(10)12-7;6-4-1-2-5(7)8-3-4;2-1-3/h4-6,8,12-13,20,37H,7,9,14-15H2,1-3H3,(H2,29,30,35,36);1,4-6H,7-8H2,2H3,(H2,16,17,20,21);3-4,7,20H,5-6H2,1-2H3,(H,18,19);3-4H2,1-2H3;1-3H,(H2,7,8);/t20?,27-;15-;;;;/m11..../s1. The number of esters is 2. The number of benzene rings is 2. The summed E-state index contributed by atoms with van der Waals surface area (Å²) in [4.78, 5) is 167. The summed E-state index contributed by atoms with van der Waals surface area (Å²) in [6.45, 7) is 9.55. The fourth-order valence-electron chi connectivity index (χ4n) is 11.9. The van der Waals surface area contributed by atoms with E-state index in [-0.39, 0.29) is 68.1 Å². The van der Waals surface area contributed by atoms with Crippen LogP contribution in [0.1, 0.15) is 117 Å². The number of carbonyl (C=O) groups excluding carboxylic acids is 12. The van der Waals surface area contributed by atoms with Gasteiger partial charge in [-0.15, -0.1) is 6.42 Å². The molecular weight excluding hydrogens is 1480 g/mol. The fraction of sp³-hybridized carbons (Fsp3) is 0.377. The lowest BCUT2D eigenvalue weighted by molar-refractivity contribution is -0.242. The number of nitrogens with one attached hydrogen (secondary N) is 4. The molecule has 13 rings (SSSR count). The molecule has 3 aromatic heterocycles. The largest absolute Gasteiger partial charge is 0.497 e. The Bertz CT molecular complexity index is 4340. The van der Waals surface area contributed by atoms with Crippen molar-refractivity contribution in [1.29, 1.82) is 0 Å². The number of carboxylic acids is 1. The molecule has 7 aliphatic heterocycles. The summed E-state index contributed by atoms with van der Waals surface area (Å²) in [6.07, 6.45) is 12.4. The second-order valence-electron chi connectivity index (χ2n) is 25.8. The molecule has 6 fully saturated rings. The maximum Gasteiger partial charge on any atom is 0.373 e. The molecule has 1 saturated carbocycles. The number of aromatic nitrogens is 3. The first-order valence-electron chi connectivity index (χ1n) is 31.3. The highest BCUT2D eigenvalue weighted by atomic mass is 79.9. The lowest BCUT2D eigenvalue weighted by Gasteiger charge is -2.42. The van der Waals surface area contributed by atoms with Crippen LogP contribution < -0.4 is 46.3 Å². The molecule has 2 unspecified atom stereocenters. The molecule has 8 aliphatic rings. The molecule has 34 heteroatoms. The Balaban J connectivity index is 0.000000176. The number of terminal acetylenes is 1. The molecule has 10 amide bonds. The summed E-state index contributed by atoms with van der Waals surface area (Å²) in [5.74, 6) is 4.82. The van der Waals surface area contributed by atoms with E-state index in [0.29, 0.717) is 72.1 Å². The molecule has 5 aromatic rings. The van der Waals surface area contributed by atoms with Crippen LogP contribution in [0, 0.1) is 29.6 Å². The van der Waals surface area contributed by atoms with Gasteiger partial charge in [0.25, 0.3) is 29.4 Å². The second kappa shape index (κ2) is 30.6. The lowest BCUT2D eigenvalue weighted by Crippen LogP contribution is -2.65. The number of nitrogen functional groups attached to an aromatic ring is 1. The SMILES string of the molecule is C#C[C@]1(CN2Cc3ccc(OC)cc3C2=O)NC(=O)NC1=O.CC(C)(O)C1(C(=O)O)CCC(=O)N1c1ccc(Br)cn1.CC1(C)OC(=O)C2(CC2)C(=O)O1.COc1ccc2c(c1)C(=O)N(C[C@@]1(C#Cc3ccc(N4C(=O)CCC4C(C)(C)O)nc3)NC(=O)NC1=O)C2.Nc1ccc(Br)cn1.O=C=O. The van der Waals surface area contributed by atoms with Crippen LogP contribution in [0.3, 0.4) is 0 Å². The third-order valence-corrected chi connectivity index (χ3v) is 18.4. The van der Waals surface area contributed by atoms with E-state index in [4.69, 9.17) is 40.7 Å². The van der Waals surface area contributed by atoms with E-state index in [1.165, 1.54) is 55.2 Å². The van der Waals surface area contributed by atoms with E-state index in [1.54, 1.807) is 101 Å². The first kappa shape index (κ1) is 77.6. The zero-order valence-electron chi connectivity index (χ0n) is 56.6. The molecule has 2 aromatic carbocycles. The molecule has 4 atom stereocenters. The number of hydrogen-bond acceptors (Lipinski definition) is 23. The zero-order chi connectivity index (χ0) is 76.0. The van der Waals surface area contributed by atoms with Crippen molar-refractivity contribution in [2.75, 3.05) is 42.8 Å². The molecule has 540 valence electrons. The van der Waals surface area contributed by atoms with Crippen LogP contribution in [0.15, 0.2) is 100 Å². The minimum Gasteiger partial charge on any atom is -0.497 e. The quantitative estimate of drug-likeness (QED) is 0.0403. The van der Waals surface area contributed by atoms with E-state index < -0.39 is 86.8 Å². The van der Waals surface area contributed by atoms with Crippen molar-refractivity contribution in [3.05, 3.63) is 128 Å². The van der Waals surface area contributed by atoms with E-state index in [0.717, 1.165) is 25.0 Å². The van der Waals surface area contributed by atoms with Crippen LogP contribution in [0.25, 0.3) is 0 Å². The Kier molecular flexibility index (Phi) is 23.0. The van der Waals surface area contributed by atoms with Gasteiger partial charge < -0.3 is 60.4 Å². The third kappa shape index (κ3) is 16.8. The van der Waals surface area contributed by atoms with Gasteiger partial charge in [-0.25, -0.2) is 29.3 Å². The van der Waals surface area contributed by atoms with Crippen LogP contribution in [0.2, 0.25) is 0 Å². The van der Waals surface area contributed by atoms with Crippen molar-refractivity contribution in [3.63, 3.8) is 0 Å². The smallest absolute Gasteiger partial charge is 0.373 e. The van der Waals surface area contributed by atoms with Gasteiger partial charge in [-0.1, -0.05) is 29.9 Å². The Labute approximate surface area is 605 Å². The number of cyclic esters (lactones) is 2. The predicted octanol–water partition coefficient (Wildman–Crippen LogP) is 3.82. The van der Waals surface area contributed by atoms with E-state index in [9.17, 15) is 68.1 Å². The van der Waals surface area contributed by atoms with Crippen LogP contribution in [0.5, 0.6) is 11.5 Å². The normalized spacial score (nSPS) is 22.0. The Hall–Kier alpha value is -11.2. The average Bonchev–Trinajstić information content (AvgIpc) is 1.62. The van der Waals surface area contributed by atoms with Crippen LogP contribution in [-0.4, -0.2) is 179 Å². The predicted molar refractivity (Wildman–Crippen MR) is 366 cm³/mol. The monoisotopic (exact) mass is 1540 g/mol. The molecule has 9 N–H and O–H groups in total. The fourth-order valence-corrected chi connectivity index (χ4v) is 12.4. The van der Waals surface area contributed by atoms with Crippen LogP contribution in [0.4, 0.5) is 27.0 Å². The molecule has 0 bridgehead atoms. The summed E-state index contributed by atoms with van der Waals surface area (Å²) < 4.78 is 21.9. The summed E-state index contributed by atoms with van der Waals surface area (Å²) >= 11 is 6.46. The number of urea groups is 2. The van der Waals surface area contributed by atoms with Gasteiger partial charge >= 0.3 is 36.1 Å². The summed E-state index contributed by atoms with van der Waals surface area (Å²) in [5.41, 5.74) is -0.184. The highest BCUT2D eigenvalue weighted by Crippen LogP contribution is 2.52. The number of rotatable bonds is 11. The number of amides is 10. The lowest BCUT2D eigenvalue weighted by atomic mass is 9.80. The number of methoxy groups -OCH3 is 2. The van der Waals surface area contributed by atoms with Gasteiger partial charge in [-0.05, 0) is 157 Å². The number of aliphatic carboxylic acids is 1. The van der Waals surface area contributed by atoms with Gasteiger partial charge in [0, 0.05) is 84.0 Å². The van der Waals surface area contributed by atoms with Gasteiger partial charge in [0.2, 0.25) is 17.4 Å². The molecule has 10 heterocycles. The molecular formula is C69H70Br2N12O20.